The first-order chi connectivity index (χ1) is 6.59. The molecule has 2 heterocycles. The number of hydrogen-bond donors (Lipinski definition) is 1. The van der Waals surface area contributed by atoms with Crippen molar-refractivity contribution in [2.24, 2.45) is 5.92 Å². The summed E-state index contributed by atoms with van der Waals surface area (Å²) in [6.07, 6.45) is 7.01. The van der Waals surface area contributed by atoms with E-state index in [4.69, 9.17) is 0 Å². The summed E-state index contributed by atoms with van der Waals surface area (Å²) in [6.45, 7) is 6.62. The van der Waals surface area contributed by atoms with E-state index in [9.17, 15) is 0 Å². The van der Waals surface area contributed by atoms with Crippen molar-refractivity contribution < 1.29 is 0 Å². The lowest BCUT2D eigenvalue weighted by Crippen LogP contribution is -2.39. The van der Waals surface area contributed by atoms with Crippen LogP contribution >= 0.6 is 0 Å². The van der Waals surface area contributed by atoms with Gasteiger partial charge in [0.05, 0.1) is 0 Å². The molecule has 0 saturated carbocycles. The van der Waals surface area contributed by atoms with Crippen LogP contribution < -0.4 is 5.32 Å². The van der Waals surface area contributed by atoms with Crippen LogP contribution in [0.3, 0.4) is 0 Å². The van der Waals surface area contributed by atoms with Gasteiger partial charge in [-0.25, -0.2) is 0 Å². The molecule has 14 heavy (non-hydrogen) atoms. The maximum atomic E-state index is 3.47. The Morgan fingerprint density at radius 1 is 1.43 bits per heavy atom. The van der Waals surface area contributed by atoms with E-state index in [2.05, 4.69) is 56.4 Å². The highest BCUT2D eigenvalue weighted by Gasteiger charge is 2.27. The second-order valence-electron chi connectivity index (χ2n) is 4.42. The highest BCUT2D eigenvalue weighted by atomic mass is 15.3. The molecule has 2 nitrogen and oxygen atoms in total. The molecule has 0 saturated heterocycles. The van der Waals surface area contributed by atoms with Crippen molar-refractivity contribution in [1.29, 1.82) is 0 Å². The van der Waals surface area contributed by atoms with Crippen LogP contribution in [-0.4, -0.2) is 18.1 Å². The van der Waals surface area contributed by atoms with E-state index in [0.717, 1.165) is 0 Å². The van der Waals surface area contributed by atoms with Gasteiger partial charge in [-0.15, -0.1) is 0 Å². The smallest absolute Gasteiger partial charge is 0.125 e. The highest BCUT2D eigenvalue weighted by molar-refractivity contribution is 5.45. The largest absolute Gasteiger partial charge is 0.365 e. The summed E-state index contributed by atoms with van der Waals surface area (Å²) < 4.78 is 0. The lowest BCUT2D eigenvalue weighted by atomic mass is 9.94. The third kappa shape index (κ3) is 1.35. The number of nitrogens with one attached hydrogen (secondary N) is 1. The van der Waals surface area contributed by atoms with E-state index in [1.165, 1.54) is 16.8 Å². The third-order valence-electron chi connectivity index (χ3n) is 2.88. The number of allylic oxidation sites excluding steroid dienone is 3. The predicted octanol–water partition coefficient (Wildman–Crippen LogP) is 2.23. The molecule has 1 unspecified atom stereocenters. The summed E-state index contributed by atoms with van der Waals surface area (Å²) >= 11 is 0. The minimum absolute atomic E-state index is 0.359. The summed E-state index contributed by atoms with van der Waals surface area (Å²) in [5.41, 5.74) is 4.15. The molecule has 0 amide bonds. The zero-order valence-electron chi connectivity index (χ0n) is 9.33. The molecule has 1 atom stereocenters. The Morgan fingerprint density at radius 3 is 2.79 bits per heavy atom. The van der Waals surface area contributed by atoms with Gasteiger partial charge in [-0.3, -0.25) is 0 Å². The molecule has 0 aromatic rings. The van der Waals surface area contributed by atoms with Crippen LogP contribution in [-0.2, 0) is 0 Å². The number of likely N-dealkylation sites (N-methyl/N-ethyl adjacent to an activating group) is 1. The van der Waals surface area contributed by atoms with E-state index < -0.39 is 0 Å². The first-order valence-corrected chi connectivity index (χ1v) is 5.18. The van der Waals surface area contributed by atoms with Crippen LogP contribution in [0.15, 0.2) is 35.2 Å². The molecule has 2 heteroatoms. The van der Waals surface area contributed by atoms with Gasteiger partial charge in [-0.05, 0) is 36.1 Å². The molecule has 0 fully saturated rings. The second-order valence-corrected chi connectivity index (χ2v) is 4.42. The van der Waals surface area contributed by atoms with E-state index in [1.807, 2.05) is 0 Å². The Labute approximate surface area is 86.0 Å². The van der Waals surface area contributed by atoms with E-state index >= 15 is 0 Å². The van der Waals surface area contributed by atoms with Gasteiger partial charge in [0, 0.05) is 18.9 Å². The van der Waals surface area contributed by atoms with Crippen molar-refractivity contribution in [3.63, 3.8) is 0 Å². The zero-order valence-corrected chi connectivity index (χ0v) is 9.33. The van der Waals surface area contributed by atoms with Crippen molar-refractivity contribution in [2.45, 2.75) is 26.9 Å². The molecule has 2 rings (SSSR count). The predicted molar refractivity (Wildman–Crippen MR) is 59.4 cm³/mol. The lowest BCUT2D eigenvalue weighted by molar-refractivity contribution is 0.340. The fraction of sp³-hybridized carbons (Fsp3) is 0.500. The highest BCUT2D eigenvalue weighted by Crippen LogP contribution is 2.30. The third-order valence-corrected chi connectivity index (χ3v) is 2.88. The normalized spacial score (nSPS) is 25.4. The van der Waals surface area contributed by atoms with Crippen molar-refractivity contribution >= 4 is 0 Å². The molecule has 2 aliphatic rings. The summed E-state index contributed by atoms with van der Waals surface area (Å²) in [6, 6.07) is 0. The fourth-order valence-electron chi connectivity index (χ4n) is 2.12. The number of nitrogens with zero attached hydrogens (tertiary/aromatic N) is 1. The van der Waals surface area contributed by atoms with Gasteiger partial charge in [0.1, 0.15) is 6.17 Å². The quantitative estimate of drug-likeness (QED) is 0.682. The Kier molecular flexibility index (Phi) is 2.14. The van der Waals surface area contributed by atoms with Crippen molar-refractivity contribution in [1.82, 2.24) is 10.2 Å². The van der Waals surface area contributed by atoms with Gasteiger partial charge in [-0.1, -0.05) is 13.8 Å². The zero-order chi connectivity index (χ0) is 10.3. The van der Waals surface area contributed by atoms with Gasteiger partial charge in [-0.2, -0.15) is 0 Å². The molecule has 0 aliphatic carbocycles. The molecule has 1 N–H and O–H groups in total. The Bertz CT molecular complexity index is 334. The van der Waals surface area contributed by atoms with Crippen molar-refractivity contribution in [3.8, 4) is 0 Å². The Hall–Kier alpha value is -1.18. The molecular weight excluding hydrogens is 172 g/mol. The van der Waals surface area contributed by atoms with E-state index in [0.29, 0.717) is 12.1 Å². The lowest BCUT2D eigenvalue weighted by Gasteiger charge is -2.31. The number of rotatable bonds is 1. The van der Waals surface area contributed by atoms with Crippen LogP contribution in [0.4, 0.5) is 0 Å². The summed E-state index contributed by atoms with van der Waals surface area (Å²) in [7, 11) is 2.11. The molecule has 0 aromatic heterocycles. The van der Waals surface area contributed by atoms with Crippen LogP contribution in [0.2, 0.25) is 0 Å². The number of fused-ring (bicyclic) bond motifs is 1. The van der Waals surface area contributed by atoms with Crippen LogP contribution in [0.25, 0.3) is 0 Å². The summed E-state index contributed by atoms with van der Waals surface area (Å²) in [4.78, 5) is 2.22. The molecular formula is C12H18N2. The first kappa shape index (κ1) is 9.38. The maximum absolute atomic E-state index is 3.47. The minimum atomic E-state index is 0.359. The molecule has 0 bridgehead atoms. The maximum Gasteiger partial charge on any atom is 0.125 e. The van der Waals surface area contributed by atoms with Crippen molar-refractivity contribution in [3.05, 3.63) is 35.2 Å². The average molecular weight is 190 g/mol. The van der Waals surface area contributed by atoms with E-state index in [-0.39, 0.29) is 0 Å². The Balaban J connectivity index is 2.43. The second kappa shape index (κ2) is 3.19. The minimum Gasteiger partial charge on any atom is -0.365 e. The number of hydrogen-bond acceptors (Lipinski definition) is 2. The summed E-state index contributed by atoms with van der Waals surface area (Å²) in [5.74, 6) is 0.599. The van der Waals surface area contributed by atoms with Gasteiger partial charge in [0.25, 0.3) is 0 Å². The molecule has 76 valence electrons. The Morgan fingerprint density at radius 2 is 2.14 bits per heavy atom. The molecule has 0 spiro atoms. The topological polar surface area (TPSA) is 15.3 Å². The van der Waals surface area contributed by atoms with Crippen LogP contribution in [0, 0.1) is 5.92 Å². The standard InChI is InChI=1S/C12H18N2/c1-8(2)10-5-6-14(4)12-11(10)7-9(3)13-12/h5-8,12-13H,1-4H3. The molecule has 2 aliphatic heterocycles. The average Bonchev–Trinajstić information content (AvgIpc) is 2.47. The van der Waals surface area contributed by atoms with Gasteiger partial charge in [0.2, 0.25) is 0 Å². The molecule has 0 radical (unpaired) electrons. The first-order valence-electron chi connectivity index (χ1n) is 5.18. The van der Waals surface area contributed by atoms with Crippen LogP contribution in [0.5, 0.6) is 0 Å². The monoisotopic (exact) mass is 190 g/mol. The van der Waals surface area contributed by atoms with Crippen molar-refractivity contribution in [2.75, 3.05) is 7.05 Å². The van der Waals surface area contributed by atoms with Gasteiger partial charge in [0.15, 0.2) is 0 Å². The van der Waals surface area contributed by atoms with E-state index in [1.54, 1.807) is 0 Å². The SMILES string of the molecule is CC1=CC2=C(C(C)C)C=CN(C)C2N1. The molecule has 0 aromatic carbocycles. The van der Waals surface area contributed by atoms with Crippen LogP contribution in [0.1, 0.15) is 20.8 Å². The van der Waals surface area contributed by atoms with Gasteiger partial charge >= 0.3 is 0 Å². The summed E-state index contributed by atoms with van der Waals surface area (Å²) in [5, 5.41) is 3.47. The fourth-order valence-corrected chi connectivity index (χ4v) is 2.12. The van der Waals surface area contributed by atoms with Gasteiger partial charge < -0.3 is 10.2 Å².